The molecule has 0 radical (unpaired) electrons. The van der Waals surface area contributed by atoms with Crippen LogP contribution in [0.2, 0.25) is 0 Å². The maximum atomic E-state index is 13.2. The van der Waals surface area contributed by atoms with Gasteiger partial charge in [0.1, 0.15) is 0 Å². The lowest BCUT2D eigenvalue weighted by molar-refractivity contribution is -0.384. The lowest BCUT2D eigenvalue weighted by Gasteiger charge is -2.38. The van der Waals surface area contributed by atoms with E-state index in [-0.39, 0.29) is 12.3 Å². The molecule has 0 bridgehead atoms. The maximum absolute atomic E-state index is 13.2. The Morgan fingerprint density at radius 2 is 1.79 bits per heavy atom. The van der Waals surface area contributed by atoms with Gasteiger partial charge in [-0.1, -0.05) is 12.1 Å². The molecule has 12 nitrogen and oxygen atoms in total. The second kappa shape index (κ2) is 11.8. The Kier molecular flexibility index (Phi) is 8.31. The fourth-order valence-corrected chi connectivity index (χ4v) is 4.74. The first-order valence-corrected chi connectivity index (χ1v) is 12.3. The van der Waals surface area contributed by atoms with Gasteiger partial charge in [-0.15, -0.1) is 0 Å². The van der Waals surface area contributed by atoms with Gasteiger partial charge in [0.05, 0.1) is 37.4 Å². The number of esters is 1. The molecule has 38 heavy (non-hydrogen) atoms. The summed E-state index contributed by atoms with van der Waals surface area (Å²) in [6, 6.07) is 10.5. The number of carbonyl (C=O) groups excluding carboxylic acids is 2. The van der Waals surface area contributed by atoms with E-state index in [4.69, 9.17) is 14.2 Å². The van der Waals surface area contributed by atoms with Crippen molar-refractivity contribution >= 4 is 23.4 Å². The number of methoxy groups -OCH3 is 2. The molecule has 202 valence electrons. The molecule has 2 aliphatic heterocycles. The number of carbonyl (C=O) groups is 2. The fourth-order valence-electron chi connectivity index (χ4n) is 4.74. The Bertz CT molecular complexity index is 1220. The van der Waals surface area contributed by atoms with Crippen LogP contribution in [0.4, 0.5) is 16.2 Å². The van der Waals surface area contributed by atoms with E-state index < -0.39 is 23.0 Å². The van der Waals surface area contributed by atoms with Gasteiger partial charge < -0.3 is 29.7 Å². The minimum Gasteiger partial charge on any atom is -0.493 e. The van der Waals surface area contributed by atoms with Crippen molar-refractivity contribution in [1.29, 1.82) is 0 Å². The van der Waals surface area contributed by atoms with E-state index in [1.807, 2.05) is 0 Å². The van der Waals surface area contributed by atoms with E-state index in [0.29, 0.717) is 61.1 Å². The Morgan fingerprint density at radius 1 is 1.08 bits per heavy atom. The Labute approximate surface area is 220 Å². The first-order valence-electron chi connectivity index (χ1n) is 12.3. The molecule has 0 spiro atoms. The minimum atomic E-state index is -0.802. The number of amides is 2. The summed E-state index contributed by atoms with van der Waals surface area (Å²) in [5.74, 6) is 0.361. The van der Waals surface area contributed by atoms with Crippen molar-refractivity contribution in [3.05, 3.63) is 69.4 Å². The van der Waals surface area contributed by atoms with Crippen LogP contribution in [0, 0.1) is 10.1 Å². The van der Waals surface area contributed by atoms with Gasteiger partial charge in [-0.3, -0.25) is 15.0 Å². The number of rotatable bonds is 9. The number of hydrogen-bond donors (Lipinski definition) is 2. The molecule has 1 saturated heterocycles. The molecule has 0 saturated carbocycles. The van der Waals surface area contributed by atoms with Gasteiger partial charge in [-0.25, -0.2) is 9.59 Å². The van der Waals surface area contributed by atoms with E-state index in [1.54, 1.807) is 37.3 Å². The van der Waals surface area contributed by atoms with Crippen LogP contribution in [0.3, 0.4) is 0 Å². The number of para-hydroxylation sites is 1. The molecule has 12 heteroatoms. The molecule has 0 aliphatic carbocycles. The number of benzene rings is 2. The SMILES string of the molecule is CCOC(=O)C1=C(CN2CCN(c3ccc([N+](=O)[O-])cc3)CC2)NC(=O)NC1c1cccc(OC)c1OC. The van der Waals surface area contributed by atoms with Gasteiger partial charge in [0.15, 0.2) is 11.5 Å². The van der Waals surface area contributed by atoms with Gasteiger partial charge >= 0.3 is 12.0 Å². The molecule has 2 amide bonds. The summed E-state index contributed by atoms with van der Waals surface area (Å²) in [4.78, 5) is 40.7. The van der Waals surface area contributed by atoms with Crippen molar-refractivity contribution in [1.82, 2.24) is 15.5 Å². The molecule has 4 rings (SSSR count). The standard InChI is InChI=1S/C26H31N5O7/c1-4-38-25(32)22-20(27-26(33)28-23(22)19-6-5-7-21(36-2)24(19)37-3)16-29-12-14-30(15-13-29)17-8-10-18(11-9-17)31(34)35/h5-11,23H,4,12-16H2,1-3H3,(H2,27,28,33). The zero-order chi connectivity index (χ0) is 27.2. The van der Waals surface area contributed by atoms with Crippen LogP contribution in [-0.4, -0.2) is 75.4 Å². The number of anilines is 1. The summed E-state index contributed by atoms with van der Waals surface area (Å²) in [6.45, 7) is 4.92. The van der Waals surface area contributed by atoms with Gasteiger partial charge in [0.2, 0.25) is 0 Å². The Hall–Kier alpha value is -4.32. The Morgan fingerprint density at radius 3 is 2.39 bits per heavy atom. The van der Waals surface area contributed by atoms with Crippen LogP contribution in [0.15, 0.2) is 53.7 Å². The summed E-state index contributed by atoms with van der Waals surface area (Å²) in [5.41, 5.74) is 2.30. The largest absolute Gasteiger partial charge is 0.493 e. The van der Waals surface area contributed by atoms with Crippen LogP contribution < -0.4 is 25.0 Å². The maximum Gasteiger partial charge on any atom is 0.338 e. The average Bonchev–Trinajstić information content (AvgIpc) is 2.92. The first-order chi connectivity index (χ1) is 18.4. The molecular formula is C26H31N5O7. The number of non-ortho nitro benzene ring substituents is 1. The van der Waals surface area contributed by atoms with Crippen molar-refractivity contribution in [2.45, 2.75) is 13.0 Å². The summed E-state index contributed by atoms with van der Waals surface area (Å²) < 4.78 is 16.4. The number of nitro benzene ring substituents is 1. The molecule has 2 aromatic carbocycles. The molecule has 1 fully saturated rings. The molecule has 1 atom stereocenters. The highest BCUT2D eigenvalue weighted by molar-refractivity contribution is 5.95. The van der Waals surface area contributed by atoms with E-state index in [1.165, 1.54) is 26.4 Å². The highest BCUT2D eigenvalue weighted by Gasteiger charge is 2.36. The lowest BCUT2D eigenvalue weighted by Crippen LogP contribution is -2.51. The average molecular weight is 526 g/mol. The number of nitrogens with one attached hydrogen (secondary N) is 2. The quantitative estimate of drug-likeness (QED) is 0.288. The molecule has 2 aromatic rings. The van der Waals surface area contributed by atoms with Crippen molar-refractivity contribution in [2.24, 2.45) is 0 Å². The third kappa shape index (κ3) is 5.65. The fraction of sp³-hybridized carbons (Fsp3) is 0.385. The third-order valence-corrected chi connectivity index (χ3v) is 6.57. The second-order valence-electron chi connectivity index (χ2n) is 8.76. The highest BCUT2D eigenvalue weighted by Crippen LogP contribution is 2.39. The van der Waals surface area contributed by atoms with E-state index >= 15 is 0 Å². The molecule has 0 aromatic heterocycles. The number of urea groups is 1. The van der Waals surface area contributed by atoms with Crippen LogP contribution in [-0.2, 0) is 9.53 Å². The number of nitro groups is 1. The summed E-state index contributed by atoms with van der Waals surface area (Å²) in [5, 5.41) is 16.6. The first kappa shape index (κ1) is 26.7. The number of piperazine rings is 1. The van der Waals surface area contributed by atoms with Gasteiger partial charge in [0, 0.05) is 61.8 Å². The van der Waals surface area contributed by atoms with Crippen molar-refractivity contribution < 1.29 is 28.7 Å². The third-order valence-electron chi connectivity index (χ3n) is 6.57. The number of nitrogens with zero attached hydrogens (tertiary/aromatic N) is 3. The van der Waals surface area contributed by atoms with E-state index in [9.17, 15) is 19.7 Å². The van der Waals surface area contributed by atoms with Gasteiger partial charge in [-0.2, -0.15) is 0 Å². The molecule has 2 N–H and O–H groups in total. The predicted molar refractivity (Wildman–Crippen MR) is 139 cm³/mol. The zero-order valence-corrected chi connectivity index (χ0v) is 21.6. The van der Waals surface area contributed by atoms with E-state index in [2.05, 4.69) is 20.4 Å². The zero-order valence-electron chi connectivity index (χ0n) is 21.6. The van der Waals surface area contributed by atoms with Crippen molar-refractivity contribution in [2.75, 3.05) is 58.5 Å². The summed E-state index contributed by atoms with van der Waals surface area (Å²) in [6.07, 6.45) is 0. The molecular weight excluding hydrogens is 494 g/mol. The smallest absolute Gasteiger partial charge is 0.338 e. The lowest BCUT2D eigenvalue weighted by atomic mass is 9.93. The minimum absolute atomic E-state index is 0.0506. The normalized spacial score (nSPS) is 17.9. The predicted octanol–water partition coefficient (Wildman–Crippen LogP) is 2.61. The number of hydrogen-bond acceptors (Lipinski definition) is 9. The van der Waals surface area contributed by atoms with Crippen LogP contribution in [0.5, 0.6) is 11.5 Å². The molecule has 2 heterocycles. The summed E-state index contributed by atoms with van der Waals surface area (Å²) in [7, 11) is 3.02. The molecule has 1 unspecified atom stereocenters. The van der Waals surface area contributed by atoms with Crippen LogP contribution in [0.1, 0.15) is 18.5 Å². The second-order valence-corrected chi connectivity index (χ2v) is 8.76. The van der Waals surface area contributed by atoms with Gasteiger partial charge in [0.25, 0.3) is 5.69 Å². The monoisotopic (exact) mass is 525 g/mol. The Balaban J connectivity index is 1.58. The summed E-state index contributed by atoms with van der Waals surface area (Å²) >= 11 is 0. The topological polar surface area (TPSA) is 136 Å². The van der Waals surface area contributed by atoms with Crippen LogP contribution >= 0.6 is 0 Å². The van der Waals surface area contributed by atoms with Crippen molar-refractivity contribution in [3.63, 3.8) is 0 Å². The van der Waals surface area contributed by atoms with Gasteiger partial charge in [-0.05, 0) is 25.1 Å². The van der Waals surface area contributed by atoms with E-state index in [0.717, 1.165) is 5.69 Å². The molecule has 2 aliphatic rings. The number of ether oxygens (including phenoxy) is 3. The highest BCUT2D eigenvalue weighted by atomic mass is 16.6. The van der Waals surface area contributed by atoms with Crippen LogP contribution in [0.25, 0.3) is 0 Å². The van der Waals surface area contributed by atoms with Crippen molar-refractivity contribution in [3.8, 4) is 11.5 Å².